The fraction of sp³-hybridized carbons (Fsp3) is 0.476. The van der Waals surface area contributed by atoms with E-state index in [1.54, 1.807) is 32.4 Å². The number of likely N-dealkylation sites (N-methyl/N-ethyl adjacent to an activating group) is 1. The molecular formula is C21H30N4O3. The molecule has 1 saturated heterocycles. The van der Waals surface area contributed by atoms with Gasteiger partial charge in [0.2, 0.25) is 0 Å². The summed E-state index contributed by atoms with van der Waals surface area (Å²) in [6, 6.07) is 9.54. The molecule has 1 fully saturated rings. The van der Waals surface area contributed by atoms with E-state index in [0.29, 0.717) is 23.6 Å². The number of carbonyl (C=O) groups is 1. The lowest BCUT2D eigenvalue weighted by molar-refractivity contribution is 0.0874. The molecule has 0 saturated carbocycles. The number of amides is 1. The number of methoxy groups -OCH3 is 2. The maximum atomic E-state index is 12.9. The first-order chi connectivity index (χ1) is 13.5. The number of nitrogens with one attached hydrogen (secondary N) is 1. The molecule has 3 rings (SSSR count). The minimum absolute atomic E-state index is 0.127. The summed E-state index contributed by atoms with van der Waals surface area (Å²) in [5.74, 6) is 1.02. The standard InChI is InChI=1S/C21H30N4O3/c1-23-10-12-25(13-11-23)19(18-6-5-9-24(18)2)15-22-21(26)17-8-7-16(27-3)14-20(17)28-4/h5-9,14,19H,10-13,15H2,1-4H3,(H,22,26). The van der Waals surface area contributed by atoms with Gasteiger partial charge in [0.15, 0.2) is 0 Å². The van der Waals surface area contributed by atoms with Crippen molar-refractivity contribution >= 4 is 5.91 Å². The number of ether oxygens (including phenoxy) is 2. The van der Waals surface area contributed by atoms with E-state index in [1.807, 2.05) is 19.3 Å². The molecule has 1 unspecified atom stereocenters. The van der Waals surface area contributed by atoms with E-state index in [1.165, 1.54) is 5.69 Å². The zero-order valence-corrected chi connectivity index (χ0v) is 17.1. The van der Waals surface area contributed by atoms with Crippen LogP contribution in [0.4, 0.5) is 0 Å². The maximum absolute atomic E-state index is 12.9. The third-order valence-corrected chi connectivity index (χ3v) is 5.41. The molecule has 152 valence electrons. The average Bonchev–Trinajstić information content (AvgIpc) is 3.14. The van der Waals surface area contributed by atoms with E-state index < -0.39 is 0 Å². The molecular weight excluding hydrogens is 356 g/mol. The molecule has 1 aliphatic heterocycles. The van der Waals surface area contributed by atoms with E-state index in [4.69, 9.17) is 9.47 Å². The summed E-state index contributed by atoms with van der Waals surface area (Å²) in [6.45, 7) is 4.56. The zero-order valence-electron chi connectivity index (χ0n) is 17.1. The largest absolute Gasteiger partial charge is 0.497 e. The van der Waals surface area contributed by atoms with Crippen molar-refractivity contribution in [3.63, 3.8) is 0 Å². The predicted molar refractivity (Wildman–Crippen MR) is 109 cm³/mol. The Balaban J connectivity index is 1.75. The Morgan fingerprint density at radius 3 is 2.46 bits per heavy atom. The molecule has 2 heterocycles. The van der Waals surface area contributed by atoms with Gasteiger partial charge >= 0.3 is 0 Å². The highest BCUT2D eigenvalue weighted by atomic mass is 16.5. The van der Waals surface area contributed by atoms with Gasteiger partial charge in [0.1, 0.15) is 11.5 Å². The maximum Gasteiger partial charge on any atom is 0.255 e. The molecule has 1 aliphatic rings. The molecule has 0 spiro atoms. The third-order valence-electron chi connectivity index (χ3n) is 5.41. The van der Waals surface area contributed by atoms with Crippen molar-refractivity contribution in [3.8, 4) is 11.5 Å². The van der Waals surface area contributed by atoms with E-state index in [2.05, 4.69) is 32.8 Å². The summed E-state index contributed by atoms with van der Waals surface area (Å²) < 4.78 is 12.7. The molecule has 2 aromatic rings. The Hall–Kier alpha value is -2.51. The van der Waals surface area contributed by atoms with Crippen molar-refractivity contribution in [3.05, 3.63) is 47.8 Å². The van der Waals surface area contributed by atoms with Crippen molar-refractivity contribution in [2.24, 2.45) is 7.05 Å². The number of benzene rings is 1. The molecule has 1 aromatic heterocycles. The average molecular weight is 386 g/mol. The molecule has 0 aliphatic carbocycles. The quantitative estimate of drug-likeness (QED) is 0.786. The first-order valence-electron chi connectivity index (χ1n) is 9.57. The number of aryl methyl sites for hydroxylation is 1. The lowest BCUT2D eigenvalue weighted by Crippen LogP contribution is -2.48. The van der Waals surface area contributed by atoms with Crippen LogP contribution in [0.25, 0.3) is 0 Å². The second-order valence-corrected chi connectivity index (χ2v) is 7.18. The summed E-state index contributed by atoms with van der Waals surface area (Å²) in [4.78, 5) is 17.6. The van der Waals surface area contributed by atoms with Crippen LogP contribution >= 0.6 is 0 Å². The van der Waals surface area contributed by atoms with Gasteiger partial charge in [0.05, 0.1) is 25.8 Å². The van der Waals surface area contributed by atoms with Crippen LogP contribution in [0.2, 0.25) is 0 Å². The van der Waals surface area contributed by atoms with Crippen LogP contribution in [0, 0.1) is 0 Å². The van der Waals surface area contributed by atoms with E-state index in [9.17, 15) is 4.79 Å². The Labute approximate surface area is 166 Å². The van der Waals surface area contributed by atoms with Gasteiger partial charge in [-0.3, -0.25) is 9.69 Å². The zero-order chi connectivity index (χ0) is 20.1. The minimum Gasteiger partial charge on any atom is -0.497 e. The molecule has 28 heavy (non-hydrogen) atoms. The van der Waals surface area contributed by atoms with Gasteiger partial charge in [-0.25, -0.2) is 0 Å². The monoisotopic (exact) mass is 386 g/mol. The topological polar surface area (TPSA) is 59.0 Å². The molecule has 0 bridgehead atoms. The summed E-state index contributed by atoms with van der Waals surface area (Å²) >= 11 is 0. The van der Waals surface area contributed by atoms with Crippen LogP contribution in [0.1, 0.15) is 22.1 Å². The molecule has 1 atom stereocenters. The minimum atomic E-state index is -0.146. The van der Waals surface area contributed by atoms with Gasteiger partial charge in [-0.1, -0.05) is 0 Å². The number of hydrogen-bond acceptors (Lipinski definition) is 5. The second kappa shape index (κ2) is 9.12. The van der Waals surface area contributed by atoms with E-state index >= 15 is 0 Å². The molecule has 7 nitrogen and oxygen atoms in total. The number of rotatable bonds is 7. The highest BCUT2D eigenvalue weighted by molar-refractivity contribution is 5.97. The van der Waals surface area contributed by atoms with Crippen molar-refractivity contribution in [1.82, 2.24) is 19.7 Å². The molecule has 0 radical (unpaired) electrons. The van der Waals surface area contributed by atoms with Gasteiger partial charge in [-0.05, 0) is 31.3 Å². The smallest absolute Gasteiger partial charge is 0.255 e. The van der Waals surface area contributed by atoms with Crippen LogP contribution in [-0.4, -0.2) is 74.3 Å². The van der Waals surface area contributed by atoms with Gasteiger partial charge in [0.25, 0.3) is 5.91 Å². The van der Waals surface area contributed by atoms with E-state index in [0.717, 1.165) is 26.2 Å². The van der Waals surface area contributed by atoms with Crippen LogP contribution in [-0.2, 0) is 7.05 Å². The number of aromatic nitrogens is 1. The number of nitrogens with zero attached hydrogens (tertiary/aromatic N) is 3. The normalized spacial score (nSPS) is 16.6. The van der Waals surface area contributed by atoms with Crippen molar-refractivity contribution in [2.45, 2.75) is 6.04 Å². The summed E-state index contributed by atoms with van der Waals surface area (Å²) in [7, 11) is 7.34. The van der Waals surface area contributed by atoms with Gasteiger partial charge in [-0.15, -0.1) is 0 Å². The summed E-state index contributed by atoms with van der Waals surface area (Å²) in [5, 5.41) is 3.11. The fourth-order valence-electron chi connectivity index (χ4n) is 3.65. The second-order valence-electron chi connectivity index (χ2n) is 7.18. The molecule has 1 amide bonds. The van der Waals surface area contributed by atoms with Gasteiger partial charge in [0, 0.05) is 57.7 Å². The van der Waals surface area contributed by atoms with Crippen LogP contribution in [0.5, 0.6) is 11.5 Å². The number of hydrogen-bond donors (Lipinski definition) is 1. The van der Waals surface area contributed by atoms with E-state index in [-0.39, 0.29) is 11.9 Å². The Bertz CT molecular complexity index is 797. The Morgan fingerprint density at radius 1 is 1.11 bits per heavy atom. The third kappa shape index (κ3) is 4.48. The Morgan fingerprint density at radius 2 is 1.86 bits per heavy atom. The fourth-order valence-corrected chi connectivity index (χ4v) is 3.65. The molecule has 1 aromatic carbocycles. The number of piperazine rings is 1. The SMILES string of the molecule is COc1ccc(C(=O)NCC(c2cccn2C)N2CCN(C)CC2)c(OC)c1. The summed E-state index contributed by atoms with van der Waals surface area (Å²) in [6.07, 6.45) is 2.05. The van der Waals surface area contributed by atoms with Crippen LogP contribution in [0.3, 0.4) is 0 Å². The van der Waals surface area contributed by atoms with Gasteiger partial charge in [-0.2, -0.15) is 0 Å². The Kier molecular flexibility index (Phi) is 6.59. The number of carbonyl (C=O) groups excluding carboxylic acids is 1. The first kappa shape index (κ1) is 20.2. The lowest BCUT2D eigenvalue weighted by Gasteiger charge is -2.38. The highest BCUT2D eigenvalue weighted by Crippen LogP contribution is 2.25. The van der Waals surface area contributed by atoms with Crippen LogP contribution < -0.4 is 14.8 Å². The van der Waals surface area contributed by atoms with Crippen molar-refractivity contribution in [1.29, 1.82) is 0 Å². The molecule has 1 N–H and O–H groups in total. The first-order valence-corrected chi connectivity index (χ1v) is 9.57. The van der Waals surface area contributed by atoms with Crippen molar-refractivity contribution in [2.75, 3.05) is 54.0 Å². The predicted octanol–water partition coefficient (Wildman–Crippen LogP) is 1.76. The van der Waals surface area contributed by atoms with Crippen LogP contribution in [0.15, 0.2) is 36.5 Å². The van der Waals surface area contributed by atoms with Gasteiger partial charge < -0.3 is 24.3 Å². The highest BCUT2D eigenvalue weighted by Gasteiger charge is 2.26. The lowest BCUT2D eigenvalue weighted by atomic mass is 10.1. The van der Waals surface area contributed by atoms with Crippen molar-refractivity contribution < 1.29 is 14.3 Å². The molecule has 7 heteroatoms. The summed E-state index contributed by atoms with van der Waals surface area (Å²) in [5.41, 5.74) is 1.71.